The van der Waals surface area contributed by atoms with E-state index >= 15 is 0 Å². The van der Waals surface area contributed by atoms with Crippen LogP contribution in [-0.2, 0) is 19.4 Å². The molecular weight excluding hydrogens is 354 g/mol. The standard InChI is InChI=1S/C19H27NO5S/c1-19(2,3)25-18(22)20-12-9-15(10-13-20)17(21)11-14-26(23,24)16-7-5-4-6-8-16/h4-8,15H,9-14H2,1-3H3. The first-order valence-electron chi connectivity index (χ1n) is 8.87. The minimum absolute atomic E-state index is 0.00827. The van der Waals surface area contributed by atoms with E-state index in [-0.39, 0.29) is 34.9 Å². The van der Waals surface area contributed by atoms with Crippen molar-refractivity contribution >= 4 is 21.7 Å². The lowest BCUT2D eigenvalue weighted by atomic mass is 9.91. The van der Waals surface area contributed by atoms with E-state index < -0.39 is 15.4 Å². The van der Waals surface area contributed by atoms with Crippen molar-refractivity contribution < 1.29 is 22.7 Å². The molecule has 7 heteroatoms. The Bertz CT molecular complexity index is 729. The summed E-state index contributed by atoms with van der Waals surface area (Å²) >= 11 is 0. The molecule has 1 heterocycles. The van der Waals surface area contributed by atoms with Crippen LogP contribution in [0.15, 0.2) is 35.2 Å². The number of likely N-dealkylation sites (tertiary alicyclic amines) is 1. The summed E-state index contributed by atoms with van der Waals surface area (Å²) in [6.07, 6.45) is 0.733. The van der Waals surface area contributed by atoms with Crippen molar-refractivity contribution in [3.8, 4) is 0 Å². The second-order valence-electron chi connectivity index (χ2n) is 7.59. The summed E-state index contributed by atoms with van der Waals surface area (Å²) in [6, 6.07) is 8.17. The van der Waals surface area contributed by atoms with Gasteiger partial charge in [-0.3, -0.25) is 4.79 Å². The molecule has 0 spiro atoms. The van der Waals surface area contributed by atoms with Crippen LogP contribution in [0.2, 0.25) is 0 Å². The summed E-state index contributed by atoms with van der Waals surface area (Å²) in [5.74, 6) is -0.421. The van der Waals surface area contributed by atoms with Crippen LogP contribution >= 0.6 is 0 Å². The van der Waals surface area contributed by atoms with Gasteiger partial charge in [-0.15, -0.1) is 0 Å². The van der Waals surface area contributed by atoms with Gasteiger partial charge in [-0.1, -0.05) is 18.2 Å². The molecule has 6 nitrogen and oxygen atoms in total. The molecule has 1 aromatic rings. The predicted molar refractivity (Wildman–Crippen MR) is 98.6 cm³/mol. The van der Waals surface area contributed by atoms with Crippen molar-refractivity contribution in [2.45, 2.75) is 50.5 Å². The molecule has 0 aliphatic carbocycles. The molecule has 2 rings (SSSR count). The van der Waals surface area contributed by atoms with Gasteiger partial charge in [0.25, 0.3) is 0 Å². The Hall–Kier alpha value is -1.89. The highest BCUT2D eigenvalue weighted by Gasteiger charge is 2.30. The fourth-order valence-corrected chi connectivity index (χ4v) is 4.17. The topological polar surface area (TPSA) is 80.8 Å². The molecule has 26 heavy (non-hydrogen) atoms. The van der Waals surface area contributed by atoms with Crippen LogP contribution < -0.4 is 0 Å². The normalized spacial score (nSPS) is 16.3. The lowest BCUT2D eigenvalue weighted by Gasteiger charge is -2.32. The van der Waals surface area contributed by atoms with E-state index in [4.69, 9.17) is 4.74 Å². The average Bonchev–Trinajstić information content (AvgIpc) is 2.59. The van der Waals surface area contributed by atoms with E-state index in [0.717, 1.165) is 0 Å². The molecule has 1 fully saturated rings. The largest absolute Gasteiger partial charge is 0.444 e. The molecule has 0 bridgehead atoms. The number of benzene rings is 1. The smallest absolute Gasteiger partial charge is 0.410 e. The minimum atomic E-state index is -3.44. The number of amides is 1. The van der Waals surface area contributed by atoms with E-state index in [1.54, 1.807) is 35.2 Å². The summed E-state index contributed by atoms with van der Waals surface area (Å²) in [5.41, 5.74) is -0.546. The van der Waals surface area contributed by atoms with Crippen molar-refractivity contribution in [3.63, 3.8) is 0 Å². The van der Waals surface area contributed by atoms with Crippen molar-refractivity contribution in [2.24, 2.45) is 5.92 Å². The fraction of sp³-hybridized carbons (Fsp3) is 0.579. The fourth-order valence-electron chi connectivity index (χ4n) is 2.90. The van der Waals surface area contributed by atoms with E-state index in [1.807, 2.05) is 20.8 Å². The highest BCUT2D eigenvalue weighted by molar-refractivity contribution is 7.91. The van der Waals surface area contributed by atoms with Crippen molar-refractivity contribution in [3.05, 3.63) is 30.3 Å². The molecule has 1 aliphatic heterocycles. The highest BCUT2D eigenvalue weighted by Crippen LogP contribution is 2.22. The first-order valence-corrected chi connectivity index (χ1v) is 10.5. The summed E-state index contributed by atoms with van der Waals surface area (Å²) in [4.78, 5) is 26.3. The maximum Gasteiger partial charge on any atom is 0.410 e. The Morgan fingerprint density at radius 1 is 1.12 bits per heavy atom. The number of rotatable bonds is 5. The van der Waals surface area contributed by atoms with Crippen LogP contribution in [-0.4, -0.2) is 49.6 Å². The van der Waals surface area contributed by atoms with Gasteiger partial charge in [0.15, 0.2) is 9.84 Å². The van der Waals surface area contributed by atoms with Crippen LogP contribution in [0, 0.1) is 5.92 Å². The molecular formula is C19H27NO5S. The second-order valence-corrected chi connectivity index (χ2v) is 9.70. The van der Waals surface area contributed by atoms with E-state index in [2.05, 4.69) is 0 Å². The lowest BCUT2D eigenvalue weighted by molar-refractivity contribution is -0.123. The molecule has 1 aromatic carbocycles. The van der Waals surface area contributed by atoms with E-state index in [0.29, 0.717) is 25.9 Å². The van der Waals surface area contributed by atoms with Crippen LogP contribution in [0.1, 0.15) is 40.0 Å². The van der Waals surface area contributed by atoms with Gasteiger partial charge in [-0.2, -0.15) is 0 Å². The Morgan fingerprint density at radius 2 is 1.69 bits per heavy atom. The first kappa shape index (κ1) is 20.4. The molecule has 1 aliphatic rings. The predicted octanol–water partition coefficient (Wildman–Crippen LogP) is 3.07. The van der Waals surface area contributed by atoms with Gasteiger partial charge in [0.2, 0.25) is 0 Å². The lowest BCUT2D eigenvalue weighted by Crippen LogP contribution is -2.43. The van der Waals surface area contributed by atoms with Crippen molar-refractivity contribution in [1.29, 1.82) is 0 Å². The number of nitrogens with zero attached hydrogens (tertiary/aromatic N) is 1. The number of piperidine rings is 1. The summed E-state index contributed by atoms with van der Waals surface area (Å²) in [5, 5.41) is 0. The van der Waals surface area contributed by atoms with Gasteiger partial charge in [0, 0.05) is 25.4 Å². The van der Waals surface area contributed by atoms with Crippen molar-refractivity contribution in [2.75, 3.05) is 18.8 Å². The molecule has 0 atom stereocenters. The highest BCUT2D eigenvalue weighted by atomic mass is 32.2. The number of Topliss-reactive ketones (excluding diaryl/α,β-unsaturated/α-hetero) is 1. The zero-order valence-corrected chi connectivity index (χ0v) is 16.4. The monoisotopic (exact) mass is 381 g/mol. The quantitative estimate of drug-likeness (QED) is 0.783. The zero-order valence-electron chi connectivity index (χ0n) is 15.6. The number of ketones is 1. The Labute approximate surface area is 155 Å². The Kier molecular flexibility index (Phi) is 6.44. The third-order valence-corrected chi connectivity index (χ3v) is 6.05. The molecule has 1 saturated heterocycles. The van der Waals surface area contributed by atoms with E-state index in [1.165, 1.54) is 0 Å². The van der Waals surface area contributed by atoms with E-state index in [9.17, 15) is 18.0 Å². The third-order valence-electron chi connectivity index (χ3n) is 4.32. The van der Waals surface area contributed by atoms with Gasteiger partial charge in [-0.25, -0.2) is 13.2 Å². The number of sulfone groups is 1. The number of ether oxygens (including phenoxy) is 1. The first-order chi connectivity index (χ1) is 12.1. The number of carbonyl (C=O) groups excluding carboxylic acids is 2. The summed E-state index contributed by atoms with van der Waals surface area (Å²) in [6.45, 7) is 6.35. The average molecular weight is 381 g/mol. The molecule has 0 unspecified atom stereocenters. The van der Waals surface area contributed by atoms with Gasteiger partial charge in [0.1, 0.15) is 11.4 Å². The number of carbonyl (C=O) groups is 2. The Balaban J connectivity index is 1.83. The SMILES string of the molecule is CC(C)(C)OC(=O)N1CCC(C(=O)CCS(=O)(=O)c2ccccc2)CC1. The molecule has 0 radical (unpaired) electrons. The third kappa shape index (κ3) is 5.83. The molecule has 0 N–H and O–H groups in total. The van der Waals surface area contributed by atoms with Gasteiger partial charge in [0.05, 0.1) is 10.6 Å². The zero-order chi connectivity index (χ0) is 19.4. The minimum Gasteiger partial charge on any atom is -0.444 e. The Morgan fingerprint density at radius 3 is 2.23 bits per heavy atom. The van der Waals surface area contributed by atoms with Gasteiger partial charge >= 0.3 is 6.09 Å². The second kappa shape index (κ2) is 8.20. The summed E-state index contributed by atoms with van der Waals surface area (Å²) in [7, 11) is -3.44. The molecule has 0 saturated carbocycles. The molecule has 1 amide bonds. The maximum absolute atomic E-state index is 12.4. The summed E-state index contributed by atoms with van der Waals surface area (Å²) < 4.78 is 29.9. The van der Waals surface area contributed by atoms with Crippen LogP contribution in [0.4, 0.5) is 4.79 Å². The van der Waals surface area contributed by atoms with Crippen LogP contribution in [0.5, 0.6) is 0 Å². The number of hydrogen-bond acceptors (Lipinski definition) is 5. The number of hydrogen-bond donors (Lipinski definition) is 0. The van der Waals surface area contributed by atoms with Gasteiger partial charge < -0.3 is 9.64 Å². The van der Waals surface area contributed by atoms with Crippen LogP contribution in [0.3, 0.4) is 0 Å². The maximum atomic E-state index is 12.4. The van der Waals surface area contributed by atoms with Gasteiger partial charge in [-0.05, 0) is 45.7 Å². The van der Waals surface area contributed by atoms with Crippen LogP contribution in [0.25, 0.3) is 0 Å². The molecule has 0 aromatic heterocycles. The van der Waals surface area contributed by atoms with Crippen molar-refractivity contribution in [1.82, 2.24) is 4.90 Å². The molecule has 144 valence electrons.